The summed E-state index contributed by atoms with van der Waals surface area (Å²) < 4.78 is 5.42. The van der Waals surface area contributed by atoms with Gasteiger partial charge >= 0.3 is 0 Å². The van der Waals surface area contributed by atoms with E-state index in [1.54, 1.807) is 6.20 Å². The lowest BCUT2D eigenvalue weighted by Crippen LogP contribution is -2.22. The zero-order valence-corrected chi connectivity index (χ0v) is 15.7. The van der Waals surface area contributed by atoms with E-state index in [0.717, 1.165) is 42.5 Å². The average Bonchev–Trinajstić information content (AvgIpc) is 3.06. The number of halogens is 1. The minimum absolute atomic E-state index is 0.300. The summed E-state index contributed by atoms with van der Waals surface area (Å²) in [5.41, 5.74) is 2.06. The van der Waals surface area contributed by atoms with Crippen LogP contribution in [0.4, 0.5) is 17.6 Å². The maximum absolute atomic E-state index is 6.29. The molecule has 2 fully saturated rings. The first-order valence-electron chi connectivity index (χ1n) is 9.19. The fraction of sp³-hybridized carbons (Fsp3) is 0.444. The lowest BCUT2D eigenvalue weighted by atomic mass is 10.1. The molecule has 1 aliphatic heterocycles. The predicted octanol–water partition coefficient (Wildman–Crippen LogP) is 3.76. The van der Waals surface area contributed by atoms with Gasteiger partial charge in [0.15, 0.2) is 11.6 Å². The minimum Gasteiger partial charge on any atom is -0.361 e. The van der Waals surface area contributed by atoms with E-state index in [2.05, 4.69) is 35.5 Å². The van der Waals surface area contributed by atoms with Crippen molar-refractivity contribution in [2.45, 2.75) is 38.0 Å². The second kappa shape index (κ2) is 6.53. The maximum atomic E-state index is 6.29. The highest BCUT2D eigenvalue weighted by Gasteiger charge is 2.29. The molecule has 5 rings (SSSR count). The summed E-state index contributed by atoms with van der Waals surface area (Å²) >= 11 is 6.29. The number of anilines is 3. The Bertz CT molecular complexity index is 964. The minimum atomic E-state index is 0.300. The second-order valence-corrected chi connectivity index (χ2v) is 7.68. The lowest BCUT2D eigenvalue weighted by Gasteiger charge is -2.17. The van der Waals surface area contributed by atoms with Gasteiger partial charge in [0.1, 0.15) is 10.8 Å². The molecule has 9 heteroatoms. The van der Waals surface area contributed by atoms with Crippen LogP contribution in [0.15, 0.2) is 22.9 Å². The highest BCUT2D eigenvalue weighted by atomic mass is 35.5. The summed E-state index contributed by atoms with van der Waals surface area (Å²) in [6.45, 7) is 3.59. The molecule has 0 amide bonds. The van der Waals surface area contributed by atoms with Crippen molar-refractivity contribution in [3.63, 3.8) is 0 Å². The number of aromatic nitrogens is 5. The molecule has 3 aromatic heterocycles. The van der Waals surface area contributed by atoms with Gasteiger partial charge in [-0.25, -0.2) is 4.98 Å². The second-order valence-electron chi connectivity index (χ2n) is 7.28. The highest BCUT2D eigenvalue weighted by molar-refractivity contribution is 6.32. The normalized spacial score (nSPS) is 19.6. The smallest absolute Gasteiger partial charge is 0.227 e. The first-order chi connectivity index (χ1) is 13.2. The van der Waals surface area contributed by atoms with Crippen LogP contribution in [0.3, 0.4) is 0 Å². The van der Waals surface area contributed by atoms with E-state index in [1.807, 2.05) is 19.1 Å². The maximum Gasteiger partial charge on any atom is 0.227 e. The zero-order chi connectivity index (χ0) is 18.4. The first-order valence-corrected chi connectivity index (χ1v) is 9.56. The molecule has 27 heavy (non-hydrogen) atoms. The van der Waals surface area contributed by atoms with E-state index in [0.29, 0.717) is 28.6 Å². The van der Waals surface area contributed by atoms with Gasteiger partial charge in [0, 0.05) is 42.8 Å². The van der Waals surface area contributed by atoms with Crippen LogP contribution in [0.2, 0.25) is 5.02 Å². The molecule has 0 radical (unpaired) electrons. The molecule has 0 spiro atoms. The Hall–Kier alpha value is -2.61. The number of rotatable bonds is 5. The van der Waals surface area contributed by atoms with Gasteiger partial charge in [-0.3, -0.25) is 5.10 Å². The molecular formula is C18H20ClN7O. The molecule has 140 valence electrons. The van der Waals surface area contributed by atoms with E-state index in [1.165, 1.54) is 12.8 Å². The Kier molecular flexibility index (Phi) is 4.00. The summed E-state index contributed by atoms with van der Waals surface area (Å²) in [6, 6.07) is 4.02. The van der Waals surface area contributed by atoms with Gasteiger partial charge in [-0.1, -0.05) is 16.8 Å². The van der Waals surface area contributed by atoms with Gasteiger partial charge in [0.2, 0.25) is 5.95 Å². The van der Waals surface area contributed by atoms with E-state index < -0.39 is 0 Å². The topological polar surface area (TPSA) is 95.8 Å². The van der Waals surface area contributed by atoms with Gasteiger partial charge in [0.05, 0.1) is 11.9 Å². The monoisotopic (exact) mass is 385 g/mol. The molecule has 1 saturated carbocycles. The van der Waals surface area contributed by atoms with Crippen LogP contribution in [0, 0.1) is 6.92 Å². The summed E-state index contributed by atoms with van der Waals surface area (Å²) in [5, 5.41) is 15.0. The van der Waals surface area contributed by atoms with Crippen molar-refractivity contribution in [1.82, 2.24) is 25.3 Å². The van der Waals surface area contributed by atoms with Crippen LogP contribution in [0.5, 0.6) is 0 Å². The summed E-state index contributed by atoms with van der Waals surface area (Å²) in [7, 11) is 0. The molecule has 1 unspecified atom stereocenters. The Morgan fingerprint density at radius 3 is 2.93 bits per heavy atom. The number of aryl methyl sites for hydroxylation is 1. The van der Waals surface area contributed by atoms with Crippen LogP contribution in [-0.2, 0) is 0 Å². The van der Waals surface area contributed by atoms with Gasteiger partial charge < -0.3 is 14.7 Å². The fourth-order valence-electron chi connectivity index (χ4n) is 3.47. The molecule has 0 bridgehead atoms. The Labute approximate surface area is 161 Å². The molecule has 3 aromatic rings. The number of nitrogens with zero attached hydrogens (tertiary/aromatic N) is 5. The van der Waals surface area contributed by atoms with Gasteiger partial charge in [0.25, 0.3) is 0 Å². The molecule has 2 aliphatic rings. The third-order valence-electron chi connectivity index (χ3n) is 5.11. The molecule has 1 saturated heterocycles. The molecule has 1 atom stereocenters. The van der Waals surface area contributed by atoms with E-state index in [4.69, 9.17) is 16.1 Å². The third kappa shape index (κ3) is 3.37. The summed E-state index contributed by atoms with van der Waals surface area (Å²) in [4.78, 5) is 11.2. The van der Waals surface area contributed by atoms with Crippen molar-refractivity contribution < 1.29 is 4.52 Å². The van der Waals surface area contributed by atoms with Crippen LogP contribution in [-0.4, -0.2) is 38.4 Å². The van der Waals surface area contributed by atoms with Crippen molar-refractivity contribution in [3.05, 3.63) is 40.5 Å². The van der Waals surface area contributed by atoms with Crippen molar-refractivity contribution in [2.24, 2.45) is 0 Å². The van der Waals surface area contributed by atoms with Crippen LogP contribution < -0.4 is 10.2 Å². The molecule has 2 N–H and O–H groups in total. The predicted molar refractivity (Wildman–Crippen MR) is 102 cm³/mol. The van der Waals surface area contributed by atoms with Crippen molar-refractivity contribution >= 4 is 29.2 Å². The lowest BCUT2D eigenvalue weighted by molar-refractivity contribution is 0.362. The standard InChI is InChI=1S/C18H20ClN7O/c1-10-6-15(27-25-10)12-4-5-26(9-12)18-20-8-13(19)17(22-18)21-16-7-14(23-24-16)11-2-3-11/h6-8,11-12H,2-5,9H2,1H3,(H2,20,21,22,23,24). The number of nitrogens with one attached hydrogen (secondary N) is 2. The van der Waals surface area contributed by atoms with Crippen molar-refractivity contribution in [1.29, 1.82) is 0 Å². The van der Waals surface area contributed by atoms with Crippen molar-refractivity contribution in [3.8, 4) is 0 Å². The average molecular weight is 386 g/mol. The zero-order valence-electron chi connectivity index (χ0n) is 14.9. The molecule has 4 heterocycles. The van der Waals surface area contributed by atoms with Crippen LogP contribution in [0.25, 0.3) is 0 Å². The van der Waals surface area contributed by atoms with Crippen molar-refractivity contribution in [2.75, 3.05) is 23.3 Å². The Morgan fingerprint density at radius 2 is 2.15 bits per heavy atom. The number of hydrogen-bond acceptors (Lipinski definition) is 7. The molecule has 8 nitrogen and oxygen atoms in total. The SMILES string of the molecule is Cc1cc(C2CCN(c3ncc(Cl)c(Nc4cc(C5CC5)[nH]n4)n3)C2)on1. The van der Waals surface area contributed by atoms with Crippen LogP contribution >= 0.6 is 11.6 Å². The van der Waals surface area contributed by atoms with Gasteiger partial charge in [-0.05, 0) is 26.2 Å². The highest BCUT2D eigenvalue weighted by Crippen LogP contribution is 2.40. The quantitative estimate of drug-likeness (QED) is 0.690. The molecule has 1 aliphatic carbocycles. The first kappa shape index (κ1) is 16.6. The summed E-state index contributed by atoms with van der Waals surface area (Å²) in [5.74, 6) is 3.78. The number of H-pyrrole nitrogens is 1. The van der Waals surface area contributed by atoms with Gasteiger partial charge in [-0.15, -0.1) is 0 Å². The Balaban J connectivity index is 1.32. The molecule has 0 aromatic carbocycles. The van der Waals surface area contributed by atoms with Crippen LogP contribution in [0.1, 0.15) is 48.2 Å². The third-order valence-corrected chi connectivity index (χ3v) is 5.39. The van der Waals surface area contributed by atoms with E-state index in [-0.39, 0.29) is 0 Å². The summed E-state index contributed by atoms with van der Waals surface area (Å²) in [6.07, 6.45) is 5.06. The number of aromatic amines is 1. The van der Waals surface area contributed by atoms with Gasteiger partial charge in [-0.2, -0.15) is 10.1 Å². The molecular weight excluding hydrogens is 366 g/mol. The van der Waals surface area contributed by atoms with E-state index in [9.17, 15) is 0 Å². The fourth-order valence-corrected chi connectivity index (χ4v) is 3.61. The number of hydrogen-bond donors (Lipinski definition) is 2. The Morgan fingerprint density at radius 1 is 1.26 bits per heavy atom. The van der Waals surface area contributed by atoms with E-state index >= 15 is 0 Å². The largest absolute Gasteiger partial charge is 0.361 e.